The first-order chi connectivity index (χ1) is 10.7. The van der Waals surface area contributed by atoms with Gasteiger partial charge in [-0.1, -0.05) is 17.8 Å². The van der Waals surface area contributed by atoms with Crippen molar-refractivity contribution in [3.8, 4) is 11.5 Å². The number of rotatable bonds is 5. The van der Waals surface area contributed by atoms with Crippen molar-refractivity contribution in [2.75, 3.05) is 6.79 Å². The molecule has 1 aliphatic rings. The van der Waals surface area contributed by atoms with E-state index < -0.39 is 0 Å². The minimum absolute atomic E-state index is 0.0601. The van der Waals surface area contributed by atoms with Gasteiger partial charge in [-0.25, -0.2) is 9.97 Å². The Bertz CT molecular complexity index is 666. The van der Waals surface area contributed by atoms with E-state index in [1.807, 2.05) is 25.1 Å². The Morgan fingerprint density at radius 1 is 1.32 bits per heavy atom. The third-order valence-corrected chi connectivity index (χ3v) is 4.09. The summed E-state index contributed by atoms with van der Waals surface area (Å²) in [5.41, 5.74) is 0.964. The number of hydrogen-bond acceptors (Lipinski definition) is 6. The molecule has 1 aliphatic heterocycles. The van der Waals surface area contributed by atoms with Gasteiger partial charge >= 0.3 is 0 Å². The molecule has 1 atom stereocenters. The molecule has 1 aromatic carbocycles. The molecule has 1 aromatic heterocycles. The average molecular weight is 317 g/mol. The Morgan fingerprint density at radius 2 is 2.09 bits per heavy atom. The molecular formula is C15H15N3O3S. The van der Waals surface area contributed by atoms with Gasteiger partial charge in [-0.2, -0.15) is 0 Å². The van der Waals surface area contributed by atoms with E-state index in [0.29, 0.717) is 17.5 Å². The van der Waals surface area contributed by atoms with Gasteiger partial charge in [0, 0.05) is 18.9 Å². The molecule has 22 heavy (non-hydrogen) atoms. The van der Waals surface area contributed by atoms with Crippen LogP contribution in [0.25, 0.3) is 0 Å². The SMILES string of the molecule is C[C@@H](Sc1ncccn1)C(=O)NCc1ccc2c(c1)OCO2. The lowest BCUT2D eigenvalue weighted by molar-refractivity contribution is -0.120. The summed E-state index contributed by atoms with van der Waals surface area (Å²) in [7, 11) is 0. The molecule has 0 aliphatic carbocycles. The fourth-order valence-corrected chi connectivity index (χ4v) is 2.69. The van der Waals surface area contributed by atoms with Crippen molar-refractivity contribution in [3.05, 3.63) is 42.2 Å². The van der Waals surface area contributed by atoms with Gasteiger partial charge in [-0.3, -0.25) is 4.79 Å². The molecular weight excluding hydrogens is 302 g/mol. The fourth-order valence-electron chi connectivity index (χ4n) is 1.94. The second-order valence-corrected chi connectivity index (χ2v) is 6.00. The van der Waals surface area contributed by atoms with Gasteiger partial charge in [-0.05, 0) is 30.7 Å². The molecule has 0 unspecified atom stereocenters. The zero-order valence-electron chi connectivity index (χ0n) is 12.0. The minimum Gasteiger partial charge on any atom is -0.454 e. The van der Waals surface area contributed by atoms with Crippen molar-refractivity contribution in [1.29, 1.82) is 0 Å². The van der Waals surface area contributed by atoms with E-state index in [0.717, 1.165) is 11.3 Å². The molecule has 0 fully saturated rings. The van der Waals surface area contributed by atoms with Gasteiger partial charge in [0.2, 0.25) is 12.7 Å². The summed E-state index contributed by atoms with van der Waals surface area (Å²) in [4.78, 5) is 20.3. The molecule has 0 radical (unpaired) electrons. The summed E-state index contributed by atoms with van der Waals surface area (Å²) < 4.78 is 10.6. The van der Waals surface area contributed by atoms with E-state index >= 15 is 0 Å². The number of hydrogen-bond donors (Lipinski definition) is 1. The zero-order chi connectivity index (χ0) is 15.4. The lowest BCUT2D eigenvalue weighted by Crippen LogP contribution is -2.30. The van der Waals surface area contributed by atoms with Crippen molar-refractivity contribution in [2.24, 2.45) is 0 Å². The Labute approximate surface area is 132 Å². The number of aromatic nitrogens is 2. The van der Waals surface area contributed by atoms with Crippen LogP contribution in [-0.2, 0) is 11.3 Å². The predicted molar refractivity (Wildman–Crippen MR) is 81.8 cm³/mol. The van der Waals surface area contributed by atoms with Gasteiger partial charge < -0.3 is 14.8 Å². The zero-order valence-corrected chi connectivity index (χ0v) is 12.8. The number of nitrogens with one attached hydrogen (secondary N) is 1. The lowest BCUT2D eigenvalue weighted by atomic mass is 10.2. The lowest BCUT2D eigenvalue weighted by Gasteiger charge is -2.11. The highest BCUT2D eigenvalue weighted by Crippen LogP contribution is 2.32. The highest BCUT2D eigenvalue weighted by Gasteiger charge is 2.17. The third kappa shape index (κ3) is 3.48. The molecule has 1 amide bonds. The first-order valence-corrected chi connectivity index (χ1v) is 7.70. The molecule has 3 rings (SSSR count). The topological polar surface area (TPSA) is 73.3 Å². The highest BCUT2D eigenvalue weighted by atomic mass is 32.2. The Balaban J connectivity index is 1.53. The maximum absolute atomic E-state index is 12.1. The summed E-state index contributed by atoms with van der Waals surface area (Å²) in [5.74, 6) is 1.39. The maximum Gasteiger partial charge on any atom is 0.233 e. The molecule has 0 spiro atoms. The van der Waals surface area contributed by atoms with E-state index in [1.165, 1.54) is 11.8 Å². The van der Waals surface area contributed by atoms with Crippen LogP contribution in [0.2, 0.25) is 0 Å². The maximum atomic E-state index is 12.1. The molecule has 0 saturated heterocycles. The van der Waals surface area contributed by atoms with Crippen LogP contribution in [0.4, 0.5) is 0 Å². The second kappa shape index (κ2) is 6.65. The van der Waals surface area contributed by atoms with Crippen molar-refractivity contribution in [1.82, 2.24) is 15.3 Å². The van der Waals surface area contributed by atoms with E-state index in [-0.39, 0.29) is 18.0 Å². The van der Waals surface area contributed by atoms with Crippen LogP contribution in [0.5, 0.6) is 11.5 Å². The molecule has 1 N–H and O–H groups in total. The van der Waals surface area contributed by atoms with Crippen LogP contribution in [0.3, 0.4) is 0 Å². The van der Waals surface area contributed by atoms with E-state index in [9.17, 15) is 4.79 Å². The number of benzene rings is 1. The number of thioether (sulfide) groups is 1. The van der Waals surface area contributed by atoms with Crippen LogP contribution in [0, 0.1) is 0 Å². The van der Waals surface area contributed by atoms with Crippen LogP contribution in [0.15, 0.2) is 41.8 Å². The van der Waals surface area contributed by atoms with Gasteiger partial charge in [0.05, 0.1) is 5.25 Å². The molecule has 0 bridgehead atoms. The third-order valence-electron chi connectivity index (χ3n) is 3.10. The van der Waals surface area contributed by atoms with E-state index in [1.54, 1.807) is 18.5 Å². The monoisotopic (exact) mass is 317 g/mol. The smallest absolute Gasteiger partial charge is 0.233 e. The summed E-state index contributed by atoms with van der Waals surface area (Å²) in [6.07, 6.45) is 3.32. The Morgan fingerprint density at radius 3 is 2.91 bits per heavy atom. The molecule has 2 aromatic rings. The first kappa shape index (κ1) is 14.6. The number of fused-ring (bicyclic) bond motifs is 1. The van der Waals surface area contributed by atoms with Crippen molar-refractivity contribution >= 4 is 17.7 Å². The molecule has 114 valence electrons. The average Bonchev–Trinajstić information content (AvgIpc) is 3.01. The number of nitrogens with zero attached hydrogens (tertiary/aromatic N) is 2. The van der Waals surface area contributed by atoms with Gasteiger partial charge in [-0.15, -0.1) is 0 Å². The Kier molecular flexibility index (Phi) is 4.43. The summed E-state index contributed by atoms with van der Waals surface area (Å²) in [6, 6.07) is 7.38. The predicted octanol–water partition coefficient (Wildman–Crippen LogP) is 2.00. The summed E-state index contributed by atoms with van der Waals surface area (Å²) in [5, 5.41) is 3.22. The number of carbonyl (C=O) groups is 1. The van der Waals surface area contributed by atoms with Crippen molar-refractivity contribution in [3.63, 3.8) is 0 Å². The normalized spacial score (nSPS) is 13.7. The van der Waals surface area contributed by atoms with E-state index in [4.69, 9.17) is 9.47 Å². The second-order valence-electron chi connectivity index (χ2n) is 4.70. The van der Waals surface area contributed by atoms with Crippen molar-refractivity contribution in [2.45, 2.75) is 23.9 Å². The molecule has 7 heteroatoms. The van der Waals surface area contributed by atoms with Gasteiger partial charge in [0.1, 0.15) is 0 Å². The summed E-state index contributed by atoms with van der Waals surface area (Å²) in [6.45, 7) is 2.52. The summed E-state index contributed by atoms with van der Waals surface area (Å²) >= 11 is 1.33. The van der Waals surface area contributed by atoms with Crippen molar-refractivity contribution < 1.29 is 14.3 Å². The minimum atomic E-state index is -0.267. The number of carbonyl (C=O) groups excluding carboxylic acids is 1. The van der Waals surface area contributed by atoms with Gasteiger partial charge in [0.15, 0.2) is 16.7 Å². The standard InChI is InChI=1S/C15H15N3O3S/c1-10(22-15-16-5-2-6-17-15)14(19)18-8-11-3-4-12-13(7-11)21-9-20-12/h2-7,10H,8-9H2,1H3,(H,18,19)/t10-/m1/s1. The Hall–Kier alpha value is -2.28. The van der Waals surface area contributed by atoms with Gasteiger partial charge in [0.25, 0.3) is 0 Å². The fraction of sp³-hybridized carbons (Fsp3) is 0.267. The number of ether oxygens (including phenoxy) is 2. The largest absolute Gasteiger partial charge is 0.454 e. The van der Waals surface area contributed by atoms with Crippen LogP contribution in [0.1, 0.15) is 12.5 Å². The van der Waals surface area contributed by atoms with Crippen LogP contribution >= 0.6 is 11.8 Å². The van der Waals surface area contributed by atoms with Crippen LogP contribution in [-0.4, -0.2) is 27.9 Å². The molecule has 0 saturated carbocycles. The molecule has 6 nitrogen and oxygen atoms in total. The number of amides is 1. The quantitative estimate of drug-likeness (QED) is 0.672. The highest BCUT2D eigenvalue weighted by molar-refractivity contribution is 8.00. The first-order valence-electron chi connectivity index (χ1n) is 6.82. The van der Waals surface area contributed by atoms with E-state index in [2.05, 4.69) is 15.3 Å². The van der Waals surface area contributed by atoms with Crippen LogP contribution < -0.4 is 14.8 Å². The molecule has 2 heterocycles.